The minimum atomic E-state index is -4.44. The Kier molecular flexibility index (Phi) is 5.79. The Balaban J connectivity index is 1.52. The number of para-hydroxylation sites is 1. The summed E-state index contributed by atoms with van der Waals surface area (Å²) in [5.74, 6) is 1.62. The van der Waals surface area contributed by atoms with E-state index in [1.54, 1.807) is 17.8 Å². The SMILES string of the molecule is Cc1nnc(-c2cnn(-c3ccccc3)c2N)n1CCNc1ccc(C(F)(F)F)cc1Cl. The molecule has 0 saturated carbocycles. The number of nitrogens with two attached hydrogens (primary N) is 1. The highest BCUT2D eigenvalue weighted by molar-refractivity contribution is 6.33. The van der Waals surface area contributed by atoms with Crippen molar-refractivity contribution in [3.8, 4) is 17.1 Å². The second-order valence-electron chi connectivity index (χ2n) is 7.03. The highest BCUT2D eigenvalue weighted by Gasteiger charge is 2.30. The Morgan fingerprint density at radius 2 is 1.84 bits per heavy atom. The van der Waals surface area contributed by atoms with Gasteiger partial charge in [-0.15, -0.1) is 10.2 Å². The third-order valence-electron chi connectivity index (χ3n) is 4.93. The minimum absolute atomic E-state index is 0.00564. The Morgan fingerprint density at radius 3 is 2.53 bits per heavy atom. The molecule has 0 atom stereocenters. The summed E-state index contributed by atoms with van der Waals surface area (Å²) < 4.78 is 41.9. The fraction of sp³-hybridized carbons (Fsp3) is 0.190. The van der Waals surface area contributed by atoms with Crippen molar-refractivity contribution in [3.05, 3.63) is 71.1 Å². The molecule has 3 N–H and O–H groups in total. The monoisotopic (exact) mass is 461 g/mol. The van der Waals surface area contributed by atoms with Crippen LogP contribution in [0.1, 0.15) is 11.4 Å². The quantitative estimate of drug-likeness (QED) is 0.430. The maximum atomic E-state index is 12.8. The molecule has 7 nitrogen and oxygen atoms in total. The number of alkyl halides is 3. The van der Waals surface area contributed by atoms with Crippen LogP contribution in [0.15, 0.2) is 54.7 Å². The molecule has 166 valence electrons. The number of nitrogens with zero attached hydrogens (tertiary/aromatic N) is 5. The van der Waals surface area contributed by atoms with Crippen LogP contribution in [0.4, 0.5) is 24.7 Å². The summed E-state index contributed by atoms with van der Waals surface area (Å²) in [6.45, 7) is 2.62. The number of benzene rings is 2. The molecule has 2 aromatic heterocycles. The number of nitrogen functional groups attached to an aromatic ring is 1. The molecule has 0 radical (unpaired) electrons. The maximum absolute atomic E-state index is 12.8. The summed E-state index contributed by atoms with van der Waals surface area (Å²) in [5.41, 5.74) is 7.38. The van der Waals surface area contributed by atoms with Gasteiger partial charge in [-0.1, -0.05) is 29.8 Å². The molecule has 0 fully saturated rings. The van der Waals surface area contributed by atoms with Gasteiger partial charge in [0.2, 0.25) is 0 Å². The van der Waals surface area contributed by atoms with Gasteiger partial charge >= 0.3 is 6.18 Å². The van der Waals surface area contributed by atoms with Gasteiger partial charge in [-0.05, 0) is 37.3 Å². The highest BCUT2D eigenvalue weighted by Crippen LogP contribution is 2.34. The minimum Gasteiger partial charge on any atom is -0.383 e. The first-order valence-electron chi connectivity index (χ1n) is 9.65. The van der Waals surface area contributed by atoms with Crippen molar-refractivity contribution in [3.63, 3.8) is 0 Å². The van der Waals surface area contributed by atoms with Gasteiger partial charge in [0.25, 0.3) is 0 Å². The largest absolute Gasteiger partial charge is 0.416 e. The number of nitrogens with one attached hydrogen (secondary N) is 1. The van der Waals surface area contributed by atoms with E-state index in [-0.39, 0.29) is 5.02 Å². The van der Waals surface area contributed by atoms with E-state index < -0.39 is 11.7 Å². The fourth-order valence-electron chi connectivity index (χ4n) is 3.29. The molecule has 11 heteroatoms. The third-order valence-corrected chi connectivity index (χ3v) is 5.24. The Morgan fingerprint density at radius 1 is 1.09 bits per heavy atom. The predicted molar refractivity (Wildman–Crippen MR) is 117 cm³/mol. The van der Waals surface area contributed by atoms with E-state index in [0.717, 1.165) is 17.8 Å². The lowest BCUT2D eigenvalue weighted by Gasteiger charge is -2.13. The van der Waals surface area contributed by atoms with Crippen molar-refractivity contribution in [2.75, 3.05) is 17.6 Å². The lowest BCUT2D eigenvalue weighted by molar-refractivity contribution is -0.137. The van der Waals surface area contributed by atoms with Crippen LogP contribution in [-0.4, -0.2) is 31.1 Å². The number of aromatic nitrogens is 5. The number of aryl methyl sites for hydroxylation is 1. The molecule has 2 heterocycles. The van der Waals surface area contributed by atoms with E-state index in [1.165, 1.54) is 6.07 Å². The van der Waals surface area contributed by atoms with E-state index in [0.29, 0.717) is 41.8 Å². The number of hydrogen-bond donors (Lipinski definition) is 2. The Hall–Kier alpha value is -3.53. The lowest BCUT2D eigenvalue weighted by atomic mass is 10.2. The molecule has 0 saturated heterocycles. The molecule has 32 heavy (non-hydrogen) atoms. The standard InChI is InChI=1S/C21H19ClF3N7/c1-13-29-30-20(16-12-28-32(19(16)26)15-5-3-2-4-6-15)31(13)10-9-27-18-8-7-14(11-17(18)22)21(23,24)25/h2-8,11-12,27H,9-10,26H2,1H3. The molecule has 0 aliphatic carbocycles. The molecule has 0 bridgehead atoms. The maximum Gasteiger partial charge on any atom is 0.416 e. The van der Waals surface area contributed by atoms with Gasteiger partial charge < -0.3 is 15.6 Å². The Bertz CT molecular complexity index is 1230. The predicted octanol–water partition coefficient (Wildman–Crippen LogP) is 4.81. The van der Waals surface area contributed by atoms with Gasteiger partial charge in [0.1, 0.15) is 11.6 Å². The molecule has 2 aromatic carbocycles. The molecular weight excluding hydrogens is 443 g/mol. The van der Waals surface area contributed by atoms with E-state index in [9.17, 15) is 13.2 Å². The molecular formula is C21H19ClF3N7. The molecule has 0 unspecified atom stereocenters. The first kappa shape index (κ1) is 21.7. The van der Waals surface area contributed by atoms with Gasteiger partial charge in [0, 0.05) is 13.1 Å². The smallest absolute Gasteiger partial charge is 0.383 e. The van der Waals surface area contributed by atoms with Gasteiger partial charge in [-0.25, -0.2) is 4.68 Å². The summed E-state index contributed by atoms with van der Waals surface area (Å²) in [6.07, 6.45) is -2.82. The van der Waals surface area contributed by atoms with Crippen molar-refractivity contribution >= 4 is 23.1 Å². The number of anilines is 2. The fourth-order valence-corrected chi connectivity index (χ4v) is 3.54. The molecule has 0 amide bonds. The summed E-state index contributed by atoms with van der Waals surface area (Å²) in [6, 6.07) is 12.7. The van der Waals surface area contributed by atoms with Crippen molar-refractivity contribution in [1.82, 2.24) is 24.5 Å². The summed E-state index contributed by atoms with van der Waals surface area (Å²) in [7, 11) is 0. The number of rotatable bonds is 6. The topological polar surface area (TPSA) is 86.6 Å². The van der Waals surface area contributed by atoms with Crippen LogP contribution in [-0.2, 0) is 12.7 Å². The van der Waals surface area contributed by atoms with Crippen molar-refractivity contribution in [2.24, 2.45) is 0 Å². The van der Waals surface area contributed by atoms with Gasteiger partial charge in [0.05, 0.1) is 33.7 Å². The van der Waals surface area contributed by atoms with Crippen LogP contribution >= 0.6 is 11.6 Å². The van der Waals surface area contributed by atoms with Crippen molar-refractivity contribution < 1.29 is 13.2 Å². The van der Waals surface area contributed by atoms with E-state index in [2.05, 4.69) is 20.6 Å². The lowest BCUT2D eigenvalue weighted by Crippen LogP contribution is -2.14. The molecule has 0 aliphatic rings. The molecule has 0 spiro atoms. The normalized spacial score (nSPS) is 11.7. The van der Waals surface area contributed by atoms with Crippen LogP contribution in [0.5, 0.6) is 0 Å². The zero-order valence-electron chi connectivity index (χ0n) is 16.9. The molecule has 4 rings (SSSR count). The van der Waals surface area contributed by atoms with Crippen molar-refractivity contribution in [1.29, 1.82) is 0 Å². The summed E-state index contributed by atoms with van der Waals surface area (Å²) in [5, 5.41) is 15.8. The van der Waals surface area contributed by atoms with E-state index >= 15 is 0 Å². The van der Waals surface area contributed by atoms with Crippen molar-refractivity contribution in [2.45, 2.75) is 19.6 Å². The van der Waals surface area contributed by atoms with Gasteiger partial charge in [-0.2, -0.15) is 18.3 Å². The average Bonchev–Trinajstić information content (AvgIpc) is 3.31. The van der Waals surface area contributed by atoms with Crippen LogP contribution in [0.3, 0.4) is 0 Å². The van der Waals surface area contributed by atoms with Gasteiger partial charge in [-0.3, -0.25) is 0 Å². The average molecular weight is 462 g/mol. The summed E-state index contributed by atoms with van der Waals surface area (Å²) >= 11 is 6.01. The third kappa shape index (κ3) is 4.26. The first-order chi connectivity index (χ1) is 15.3. The first-order valence-corrected chi connectivity index (χ1v) is 10.0. The Labute approximate surface area is 186 Å². The van der Waals surface area contributed by atoms with Crippen LogP contribution < -0.4 is 11.1 Å². The molecule has 0 aliphatic heterocycles. The van der Waals surface area contributed by atoms with Crippen LogP contribution in [0, 0.1) is 6.92 Å². The zero-order valence-corrected chi connectivity index (χ0v) is 17.7. The second kappa shape index (κ2) is 8.54. The highest BCUT2D eigenvalue weighted by atomic mass is 35.5. The van der Waals surface area contributed by atoms with E-state index in [1.807, 2.05) is 34.9 Å². The van der Waals surface area contributed by atoms with Gasteiger partial charge in [0.15, 0.2) is 5.82 Å². The van der Waals surface area contributed by atoms with Crippen LogP contribution in [0.25, 0.3) is 17.1 Å². The van der Waals surface area contributed by atoms with E-state index in [4.69, 9.17) is 17.3 Å². The molecule has 4 aromatic rings. The zero-order chi connectivity index (χ0) is 22.9. The number of hydrogen-bond acceptors (Lipinski definition) is 5. The second-order valence-corrected chi connectivity index (χ2v) is 7.44. The number of halogens is 4. The van der Waals surface area contributed by atoms with Crippen LogP contribution in [0.2, 0.25) is 5.02 Å². The summed E-state index contributed by atoms with van der Waals surface area (Å²) in [4.78, 5) is 0.